The van der Waals surface area contributed by atoms with Crippen LogP contribution in [0.15, 0.2) is 48.5 Å². The molecule has 0 unspecified atom stereocenters. The number of carbonyl (C=O) groups is 3. The number of rotatable bonds is 8. The standard InChI is InChI=1S/C26H32N2O5/c1-6-21(22(29)28-26(4,5)25(2,3)23(30)31)27-24(32)33-15-20-18-13-9-7-11-16(18)17-12-8-10-14-19(17)20/h7-14,20-21H,6,15H2,1-5H3,(H,27,32)(H,28,29)(H,30,31)/t21-/m1/s1. The van der Waals surface area contributed by atoms with Gasteiger partial charge in [0.05, 0.1) is 11.0 Å². The molecule has 3 rings (SSSR count). The van der Waals surface area contributed by atoms with Crippen LogP contribution >= 0.6 is 0 Å². The number of amides is 2. The Morgan fingerprint density at radius 1 is 0.970 bits per heavy atom. The fourth-order valence-electron chi connectivity index (χ4n) is 3.95. The van der Waals surface area contributed by atoms with Gasteiger partial charge < -0.3 is 20.5 Å². The zero-order valence-electron chi connectivity index (χ0n) is 19.8. The fraction of sp³-hybridized carbons (Fsp3) is 0.423. The van der Waals surface area contributed by atoms with Crippen molar-refractivity contribution in [2.45, 2.75) is 58.5 Å². The molecule has 0 aromatic heterocycles. The third kappa shape index (κ3) is 4.72. The minimum atomic E-state index is -1.20. The molecule has 0 saturated heterocycles. The summed E-state index contributed by atoms with van der Waals surface area (Å²) in [5, 5.41) is 14.9. The second-order valence-electron chi connectivity index (χ2n) is 9.48. The van der Waals surface area contributed by atoms with E-state index < -0.39 is 35.0 Å². The molecule has 1 atom stereocenters. The minimum absolute atomic E-state index is 0.0765. The highest BCUT2D eigenvalue weighted by Gasteiger charge is 2.45. The summed E-state index contributed by atoms with van der Waals surface area (Å²) < 4.78 is 5.53. The molecule has 0 aliphatic heterocycles. The summed E-state index contributed by atoms with van der Waals surface area (Å²) in [6, 6.07) is 15.3. The second kappa shape index (κ2) is 9.25. The number of alkyl carbamates (subject to hydrolysis) is 1. The van der Waals surface area contributed by atoms with Crippen LogP contribution in [0, 0.1) is 5.41 Å². The lowest BCUT2D eigenvalue weighted by molar-refractivity contribution is -0.152. The lowest BCUT2D eigenvalue weighted by Crippen LogP contribution is -2.60. The number of aliphatic carboxylic acids is 1. The van der Waals surface area contributed by atoms with E-state index in [9.17, 15) is 19.5 Å². The highest BCUT2D eigenvalue weighted by Crippen LogP contribution is 2.44. The predicted molar refractivity (Wildman–Crippen MR) is 126 cm³/mol. The lowest BCUT2D eigenvalue weighted by atomic mass is 9.74. The van der Waals surface area contributed by atoms with Gasteiger partial charge in [0.25, 0.3) is 0 Å². The first-order valence-electron chi connectivity index (χ1n) is 11.2. The van der Waals surface area contributed by atoms with Crippen LogP contribution in [0.25, 0.3) is 11.1 Å². The second-order valence-corrected chi connectivity index (χ2v) is 9.48. The molecule has 7 heteroatoms. The fourth-order valence-corrected chi connectivity index (χ4v) is 3.95. The molecule has 2 amide bonds. The van der Waals surface area contributed by atoms with Gasteiger partial charge in [-0.3, -0.25) is 9.59 Å². The van der Waals surface area contributed by atoms with E-state index in [2.05, 4.69) is 22.8 Å². The molecular weight excluding hydrogens is 420 g/mol. The molecule has 3 N–H and O–H groups in total. The van der Waals surface area contributed by atoms with Crippen molar-refractivity contribution in [2.24, 2.45) is 5.41 Å². The summed E-state index contributed by atoms with van der Waals surface area (Å²) in [6.45, 7) is 8.32. The van der Waals surface area contributed by atoms with Gasteiger partial charge in [-0.05, 0) is 56.4 Å². The molecule has 0 heterocycles. The van der Waals surface area contributed by atoms with E-state index in [4.69, 9.17) is 4.74 Å². The van der Waals surface area contributed by atoms with Crippen LogP contribution in [0.5, 0.6) is 0 Å². The number of carboxylic acid groups (broad SMARTS) is 1. The largest absolute Gasteiger partial charge is 0.481 e. The molecule has 0 radical (unpaired) electrons. The van der Waals surface area contributed by atoms with Gasteiger partial charge in [0.15, 0.2) is 0 Å². The van der Waals surface area contributed by atoms with E-state index >= 15 is 0 Å². The average molecular weight is 453 g/mol. The Labute approximate surface area is 194 Å². The Kier molecular flexibility index (Phi) is 6.81. The first-order chi connectivity index (χ1) is 15.5. The maximum atomic E-state index is 12.8. The minimum Gasteiger partial charge on any atom is -0.481 e. The first kappa shape index (κ1) is 24.3. The van der Waals surface area contributed by atoms with Crippen molar-refractivity contribution in [3.63, 3.8) is 0 Å². The summed E-state index contributed by atoms with van der Waals surface area (Å²) in [7, 11) is 0. The number of benzene rings is 2. The van der Waals surface area contributed by atoms with Crippen LogP contribution in [-0.2, 0) is 14.3 Å². The number of carbonyl (C=O) groups excluding carboxylic acids is 2. The van der Waals surface area contributed by atoms with Crippen molar-refractivity contribution < 1.29 is 24.2 Å². The van der Waals surface area contributed by atoms with Crippen LogP contribution in [0.4, 0.5) is 4.79 Å². The van der Waals surface area contributed by atoms with Crippen LogP contribution < -0.4 is 10.6 Å². The molecular formula is C26H32N2O5. The Balaban J connectivity index is 1.64. The quantitative estimate of drug-likeness (QED) is 0.554. The van der Waals surface area contributed by atoms with Gasteiger partial charge >= 0.3 is 12.1 Å². The maximum absolute atomic E-state index is 12.8. The molecule has 2 aromatic rings. The van der Waals surface area contributed by atoms with E-state index in [0.29, 0.717) is 6.42 Å². The molecule has 0 fully saturated rings. The third-order valence-electron chi connectivity index (χ3n) is 6.89. The lowest BCUT2D eigenvalue weighted by Gasteiger charge is -2.39. The molecule has 0 saturated carbocycles. The van der Waals surface area contributed by atoms with Crippen molar-refractivity contribution in [1.29, 1.82) is 0 Å². The molecule has 0 bridgehead atoms. The van der Waals surface area contributed by atoms with Crippen molar-refractivity contribution in [1.82, 2.24) is 10.6 Å². The van der Waals surface area contributed by atoms with Crippen molar-refractivity contribution >= 4 is 18.0 Å². The number of fused-ring (bicyclic) bond motifs is 3. The van der Waals surface area contributed by atoms with E-state index in [-0.39, 0.29) is 12.5 Å². The number of nitrogens with one attached hydrogen (secondary N) is 2. The SMILES string of the molecule is CC[C@@H](NC(=O)OCC1c2ccccc2-c2ccccc21)C(=O)NC(C)(C)C(C)(C)C(=O)O. The van der Waals surface area contributed by atoms with E-state index in [1.165, 1.54) is 0 Å². The molecule has 2 aromatic carbocycles. The molecule has 1 aliphatic rings. The molecule has 7 nitrogen and oxygen atoms in total. The summed E-state index contributed by atoms with van der Waals surface area (Å²) in [6.07, 6.45) is -0.353. The first-order valence-corrected chi connectivity index (χ1v) is 11.2. The zero-order chi connectivity index (χ0) is 24.4. The van der Waals surface area contributed by atoms with Crippen LogP contribution in [0.1, 0.15) is 58.1 Å². The van der Waals surface area contributed by atoms with Gasteiger partial charge in [0, 0.05) is 5.92 Å². The Morgan fingerprint density at radius 2 is 1.48 bits per heavy atom. The summed E-state index contributed by atoms with van der Waals surface area (Å²) >= 11 is 0. The van der Waals surface area contributed by atoms with Crippen molar-refractivity contribution in [2.75, 3.05) is 6.61 Å². The van der Waals surface area contributed by atoms with Gasteiger partial charge in [0.1, 0.15) is 12.6 Å². The van der Waals surface area contributed by atoms with Crippen LogP contribution in [-0.4, -0.2) is 41.3 Å². The molecule has 33 heavy (non-hydrogen) atoms. The Morgan fingerprint density at radius 3 is 1.97 bits per heavy atom. The van der Waals surface area contributed by atoms with E-state index in [1.807, 2.05) is 36.4 Å². The summed E-state index contributed by atoms with van der Waals surface area (Å²) in [5.74, 6) is -1.55. The monoisotopic (exact) mass is 452 g/mol. The molecule has 0 spiro atoms. The van der Waals surface area contributed by atoms with Gasteiger partial charge in [0.2, 0.25) is 5.91 Å². The predicted octanol–water partition coefficient (Wildman–Crippen LogP) is 4.31. The normalized spacial score (nSPS) is 14.1. The van der Waals surface area contributed by atoms with Gasteiger partial charge in [-0.1, -0.05) is 55.5 Å². The average Bonchev–Trinajstić information content (AvgIpc) is 3.09. The number of ether oxygens (including phenoxy) is 1. The van der Waals surface area contributed by atoms with Crippen molar-refractivity contribution in [3.05, 3.63) is 59.7 Å². The number of hydrogen-bond donors (Lipinski definition) is 3. The number of hydrogen-bond acceptors (Lipinski definition) is 4. The van der Waals surface area contributed by atoms with Gasteiger partial charge in [-0.2, -0.15) is 0 Å². The molecule has 1 aliphatic carbocycles. The molecule has 176 valence electrons. The van der Waals surface area contributed by atoms with Crippen LogP contribution in [0.3, 0.4) is 0 Å². The topological polar surface area (TPSA) is 105 Å². The Hall–Kier alpha value is -3.35. The zero-order valence-corrected chi connectivity index (χ0v) is 19.8. The van der Waals surface area contributed by atoms with Crippen LogP contribution in [0.2, 0.25) is 0 Å². The summed E-state index contributed by atoms with van der Waals surface area (Å²) in [4.78, 5) is 37.0. The van der Waals surface area contributed by atoms with Gasteiger partial charge in [-0.25, -0.2) is 4.79 Å². The summed E-state index contributed by atoms with van der Waals surface area (Å²) in [5.41, 5.74) is 2.24. The highest BCUT2D eigenvalue weighted by atomic mass is 16.5. The van der Waals surface area contributed by atoms with E-state index in [0.717, 1.165) is 22.3 Å². The third-order valence-corrected chi connectivity index (χ3v) is 6.89. The van der Waals surface area contributed by atoms with Gasteiger partial charge in [-0.15, -0.1) is 0 Å². The maximum Gasteiger partial charge on any atom is 0.407 e. The Bertz CT molecular complexity index is 1010. The highest BCUT2D eigenvalue weighted by molar-refractivity contribution is 5.87. The smallest absolute Gasteiger partial charge is 0.407 e. The number of carboxylic acids is 1. The van der Waals surface area contributed by atoms with Crippen molar-refractivity contribution in [3.8, 4) is 11.1 Å². The van der Waals surface area contributed by atoms with E-state index in [1.54, 1.807) is 34.6 Å².